The van der Waals surface area contributed by atoms with Gasteiger partial charge in [-0.3, -0.25) is 9.59 Å². The molecule has 0 saturated carbocycles. The molecule has 0 spiro atoms. The summed E-state index contributed by atoms with van der Waals surface area (Å²) in [5.41, 5.74) is 5.82. The number of nitrogens with one attached hydrogen (secondary N) is 4. The van der Waals surface area contributed by atoms with E-state index in [9.17, 15) is 19.2 Å². The van der Waals surface area contributed by atoms with Crippen LogP contribution in [0.1, 0.15) is 72.1 Å². The second-order valence-corrected chi connectivity index (χ2v) is 16.3. The molecule has 4 N–H and O–H groups in total. The van der Waals surface area contributed by atoms with Crippen LogP contribution in [0, 0.1) is 17.8 Å². The first-order valence-electron chi connectivity index (χ1n) is 20.3. The number of ether oxygens (including phenoxy) is 2. The first kappa shape index (κ1) is 42.4. The van der Waals surface area contributed by atoms with Gasteiger partial charge in [0, 0.05) is 18.7 Å². The first-order chi connectivity index (χ1) is 28.3. The predicted molar refractivity (Wildman–Crippen MR) is 227 cm³/mol. The molecule has 14 heteroatoms. The summed E-state index contributed by atoms with van der Waals surface area (Å²) in [6, 6.07) is 19.4. The highest BCUT2D eigenvalue weighted by Crippen LogP contribution is 2.34. The Kier molecular flexibility index (Phi) is 13.4. The Labute approximate surface area is 345 Å². The van der Waals surface area contributed by atoms with Gasteiger partial charge in [-0.2, -0.15) is 0 Å². The van der Waals surface area contributed by atoms with E-state index < -0.39 is 24.3 Å². The van der Waals surface area contributed by atoms with Crippen LogP contribution in [0.4, 0.5) is 9.59 Å². The average molecular weight is 805 g/mol. The summed E-state index contributed by atoms with van der Waals surface area (Å²) in [4.78, 5) is 70.9. The molecule has 0 aliphatic carbocycles. The van der Waals surface area contributed by atoms with E-state index in [1.807, 2.05) is 52.6 Å². The maximum Gasteiger partial charge on any atom is 0.407 e. The monoisotopic (exact) mass is 804 g/mol. The van der Waals surface area contributed by atoms with Crippen molar-refractivity contribution >= 4 is 34.8 Å². The van der Waals surface area contributed by atoms with Gasteiger partial charge in [0.05, 0.1) is 50.6 Å². The van der Waals surface area contributed by atoms with Gasteiger partial charge in [0.15, 0.2) is 0 Å². The van der Waals surface area contributed by atoms with Crippen LogP contribution < -0.4 is 10.6 Å². The third-order valence-corrected chi connectivity index (χ3v) is 10.8. The Morgan fingerprint density at radius 3 is 1.93 bits per heavy atom. The highest BCUT2D eigenvalue weighted by atomic mass is 16.5. The summed E-state index contributed by atoms with van der Waals surface area (Å²) in [6.45, 7) is 13.1. The Morgan fingerprint density at radius 1 is 0.746 bits per heavy atom. The molecule has 312 valence electrons. The zero-order valence-electron chi connectivity index (χ0n) is 35.2. The van der Waals surface area contributed by atoms with Crippen molar-refractivity contribution in [3.8, 4) is 33.6 Å². The van der Waals surface area contributed by atoms with Crippen molar-refractivity contribution in [3.63, 3.8) is 0 Å². The van der Waals surface area contributed by atoms with Crippen LogP contribution in [0.25, 0.3) is 44.4 Å². The molecule has 3 aromatic carbocycles. The van der Waals surface area contributed by atoms with Crippen molar-refractivity contribution in [1.82, 2.24) is 40.4 Å². The average Bonchev–Trinajstić information content (AvgIpc) is 4.02. The molecule has 14 nitrogen and oxygen atoms in total. The molecule has 1 aliphatic rings. The van der Waals surface area contributed by atoms with Crippen molar-refractivity contribution in [2.75, 3.05) is 27.3 Å². The maximum atomic E-state index is 13.6. The highest BCUT2D eigenvalue weighted by Gasteiger charge is 2.37. The van der Waals surface area contributed by atoms with E-state index in [0.717, 1.165) is 63.1 Å². The molecule has 1 saturated heterocycles. The van der Waals surface area contributed by atoms with Crippen molar-refractivity contribution in [1.29, 1.82) is 0 Å². The third-order valence-electron chi connectivity index (χ3n) is 10.8. The number of hydrogen-bond donors (Lipinski definition) is 4. The number of alkyl carbamates (subject to hydrolysis) is 2. The van der Waals surface area contributed by atoms with E-state index in [1.54, 1.807) is 11.1 Å². The van der Waals surface area contributed by atoms with E-state index in [4.69, 9.17) is 14.5 Å². The van der Waals surface area contributed by atoms with E-state index in [0.29, 0.717) is 18.9 Å². The van der Waals surface area contributed by atoms with E-state index >= 15 is 0 Å². The third kappa shape index (κ3) is 9.93. The van der Waals surface area contributed by atoms with Gasteiger partial charge < -0.3 is 39.9 Å². The van der Waals surface area contributed by atoms with Crippen LogP contribution in [-0.2, 0) is 25.6 Å². The summed E-state index contributed by atoms with van der Waals surface area (Å²) in [5, 5.41) is 7.57. The number of benzene rings is 3. The van der Waals surface area contributed by atoms with Crippen molar-refractivity contribution in [3.05, 3.63) is 84.7 Å². The topological polar surface area (TPSA) is 175 Å². The SMILES string of the molecule is COC(=O)NC(C(=O)N1CCC[C@H]1c1ncc(-c2ccc3cc(-c4ccc(-c5cnc(CN(CC(C)C)C(=O)[C@@H](NC(=O)OC)C(C)C)[nH]5)cc4)ccc3c2)[nH]1)C(C)C. The lowest BCUT2D eigenvalue weighted by Gasteiger charge is -2.30. The van der Waals surface area contributed by atoms with Gasteiger partial charge in [-0.05, 0) is 70.2 Å². The second kappa shape index (κ2) is 18.6. The van der Waals surface area contributed by atoms with Gasteiger partial charge in [-0.25, -0.2) is 19.6 Å². The van der Waals surface area contributed by atoms with Gasteiger partial charge in [0.25, 0.3) is 0 Å². The number of rotatable bonds is 14. The Morgan fingerprint density at radius 2 is 1.31 bits per heavy atom. The fourth-order valence-electron chi connectivity index (χ4n) is 7.62. The number of carbonyl (C=O) groups excluding carboxylic acids is 4. The minimum Gasteiger partial charge on any atom is -0.453 e. The quantitative estimate of drug-likeness (QED) is 0.0884. The van der Waals surface area contributed by atoms with Gasteiger partial charge in [-0.15, -0.1) is 0 Å². The standard InChI is InChI=1S/C45H56N8O6/c1-26(2)24-52(42(54)39(27(3)4)50-44(56)58-7)25-38-46-22-35(48-38)30-13-11-29(12-14-30)31-15-16-33-21-34(18-17-32(33)20-31)36-23-47-41(49-36)37-10-9-19-53(37)43(55)40(28(5)6)51-45(57)59-8/h11-18,20-23,26-28,37,39-40H,9-10,19,24-25H2,1-8H3,(H,46,48)(H,47,49)(H,50,56)(H,51,57)/t37-,39-,40?/m0/s1. The molecule has 5 aromatic rings. The molecular formula is C45H56N8O6. The minimum atomic E-state index is -0.721. The number of methoxy groups -OCH3 is 2. The number of amides is 4. The number of H-pyrrole nitrogens is 2. The molecule has 3 atom stereocenters. The van der Waals surface area contributed by atoms with E-state index in [1.165, 1.54) is 14.2 Å². The normalized spacial score (nSPS) is 15.1. The van der Waals surface area contributed by atoms with Gasteiger partial charge in [-0.1, -0.05) is 90.1 Å². The lowest BCUT2D eigenvalue weighted by Crippen LogP contribution is -2.51. The molecule has 6 rings (SSSR count). The van der Waals surface area contributed by atoms with Crippen LogP contribution in [0.3, 0.4) is 0 Å². The number of likely N-dealkylation sites (tertiary alicyclic amines) is 1. The molecule has 0 radical (unpaired) electrons. The molecule has 1 unspecified atom stereocenters. The number of fused-ring (bicyclic) bond motifs is 1. The lowest BCUT2D eigenvalue weighted by atomic mass is 9.98. The van der Waals surface area contributed by atoms with Crippen LogP contribution in [0.15, 0.2) is 73.1 Å². The largest absolute Gasteiger partial charge is 0.453 e. The molecule has 0 bridgehead atoms. The Bertz CT molecular complexity index is 2260. The second-order valence-electron chi connectivity index (χ2n) is 16.3. The minimum absolute atomic E-state index is 0.107. The fraction of sp³-hybridized carbons (Fsp3) is 0.422. The van der Waals surface area contributed by atoms with Crippen molar-refractivity contribution < 1.29 is 28.7 Å². The summed E-state index contributed by atoms with van der Waals surface area (Å²) < 4.78 is 9.53. The lowest BCUT2D eigenvalue weighted by molar-refractivity contribution is -0.136. The molecule has 4 amide bonds. The predicted octanol–water partition coefficient (Wildman–Crippen LogP) is 7.70. The van der Waals surface area contributed by atoms with Crippen LogP contribution in [0.5, 0.6) is 0 Å². The zero-order valence-corrected chi connectivity index (χ0v) is 35.2. The number of carbonyl (C=O) groups is 4. The molecule has 3 heterocycles. The van der Waals surface area contributed by atoms with E-state index in [2.05, 4.69) is 86.2 Å². The summed E-state index contributed by atoms with van der Waals surface area (Å²) in [6.07, 6.45) is 3.96. The number of aromatic amines is 2. The smallest absolute Gasteiger partial charge is 0.407 e. The highest BCUT2D eigenvalue weighted by molar-refractivity contribution is 5.91. The molecule has 1 fully saturated rings. The fourth-order valence-corrected chi connectivity index (χ4v) is 7.62. The molecule has 59 heavy (non-hydrogen) atoms. The molecule has 2 aromatic heterocycles. The van der Waals surface area contributed by atoms with Crippen LogP contribution >= 0.6 is 0 Å². The van der Waals surface area contributed by atoms with Gasteiger partial charge in [0.2, 0.25) is 11.8 Å². The number of hydrogen-bond acceptors (Lipinski definition) is 8. The Hall–Kier alpha value is -6.18. The first-order valence-corrected chi connectivity index (χ1v) is 20.3. The molecule has 1 aliphatic heterocycles. The number of nitrogens with zero attached hydrogens (tertiary/aromatic N) is 4. The molecular weight excluding hydrogens is 749 g/mol. The number of imidazole rings is 2. The summed E-state index contributed by atoms with van der Waals surface area (Å²) >= 11 is 0. The van der Waals surface area contributed by atoms with E-state index in [-0.39, 0.29) is 42.2 Å². The summed E-state index contributed by atoms with van der Waals surface area (Å²) in [7, 11) is 2.58. The van der Waals surface area contributed by atoms with Gasteiger partial charge >= 0.3 is 12.2 Å². The Balaban J connectivity index is 1.13. The van der Waals surface area contributed by atoms with Gasteiger partial charge in [0.1, 0.15) is 23.7 Å². The van der Waals surface area contributed by atoms with Crippen molar-refractivity contribution in [2.45, 2.75) is 79.1 Å². The zero-order chi connectivity index (χ0) is 42.4. The van der Waals surface area contributed by atoms with Crippen LogP contribution in [-0.4, -0.2) is 93.1 Å². The summed E-state index contributed by atoms with van der Waals surface area (Å²) in [5.74, 6) is 1.03. The van der Waals surface area contributed by atoms with Crippen molar-refractivity contribution in [2.24, 2.45) is 17.8 Å². The van der Waals surface area contributed by atoms with Crippen LogP contribution in [0.2, 0.25) is 0 Å². The maximum absolute atomic E-state index is 13.6. The number of aromatic nitrogens is 4.